The third kappa shape index (κ3) is 5.35. The highest BCUT2D eigenvalue weighted by Crippen LogP contribution is 2.28. The van der Waals surface area contributed by atoms with E-state index < -0.39 is 23.8 Å². The molecule has 0 spiro atoms. The predicted molar refractivity (Wildman–Crippen MR) is 162 cm³/mol. The summed E-state index contributed by atoms with van der Waals surface area (Å²) in [7, 11) is 1.30. The zero-order chi connectivity index (χ0) is 31.8. The van der Waals surface area contributed by atoms with Crippen molar-refractivity contribution in [1.29, 1.82) is 0 Å². The topological polar surface area (TPSA) is 127 Å². The number of hydrogen-bond donors (Lipinski definition) is 0. The minimum atomic E-state index is -0.611. The number of ether oxygens (including phenoxy) is 2. The van der Waals surface area contributed by atoms with Gasteiger partial charge in [-0.1, -0.05) is 31.2 Å². The van der Waals surface area contributed by atoms with E-state index in [1.165, 1.54) is 12.0 Å². The fourth-order valence-electron chi connectivity index (χ4n) is 5.69. The maximum absolute atomic E-state index is 13.2. The average molecular weight is 605 g/mol. The number of hydrogen-bond acceptors (Lipinski definition) is 8. The summed E-state index contributed by atoms with van der Waals surface area (Å²) >= 11 is 0. The number of benzene rings is 4. The van der Waals surface area contributed by atoms with Gasteiger partial charge in [-0.05, 0) is 83.3 Å². The van der Waals surface area contributed by atoms with Crippen LogP contribution < -0.4 is 0 Å². The number of carbonyl (C=O) groups is 6. The SMILES string of the molecule is CCCN1C(=O)c2ccc(Cc3ccc4c(c3)C(=O)N(CCOC(=O)c3ccc5cc(C(=O)OC)ccc5c3)C4=O)cc2C1=O. The number of imide groups is 2. The number of amides is 4. The Bertz CT molecular complexity index is 1950. The molecule has 0 N–H and O–H groups in total. The minimum Gasteiger partial charge on any atom is -0.465 e. The van der Waals surface area contributed by atoms with Gasteiger partial charge in [0.15, 0.2) is 0 Å². The molecule has 226 valence electrons. The highest BCUT2D eigenvalue weighted by Gasteiger charge is 2.36. The van der Waals surface area contributed by atoms with Crippen LogP contribution in [-0.4, -0.2) is 72.2 Å². The van der Waals surface area contributed by atoms with E-state index >= 15 is 0 Å². The molecule has 6 rings (SSSR count). The molecular formula is C35H28N2O8. The number of carbonyl (C=O) groups excluding carboxylic acids is 6. The highest BCUT2D eigenvalue weighted by atomic mass is 16.5. The van der Waals surface area contributed by atoms with Crippen LogP contribution in [0.3, 0.4) is 0 Å². The second-order valence-electron chi connectivity index (χ2n) is 10.9. The van der Waals surface area contributed by atoms with Gasteiger partial charge in [-0.2, -0.15) is 0 Å². The summed E-state index contributed by atoms with van der Waals surface area (Å²) in [5.74, 6) is -2.62. The van der Waals surface area contributed by atoms with E-state index in [1.54, 1.807) is 72.8 Å². The van der Waals surface area contributed by atoms with Crippen molar-refractivity contribution in [2.45, 2.75) is 19.8 Å². The van der Waals surface area contributed by atoms with Crippen LogP contribution in [0.4, 0.5) is 0 Å². The summed E-state index contributed by atoms with van der Waals surface area (Å²) in [6.45, 7) is 1.97. The van der Waals surface area contributed by atoms with Crippen LogP contribution >= 0.6 is 0 Å². The maximum Gasteiger partial charge on any atom is 0.338 e. The molecule has 0 aliphatic carbocycles. The first-order valence-electron chi connectivity index (χ1n) is 14.5. The molecule has 2 aliphatic heterocycles. The zero-order valence-electron chi connectivity index (χ0n) is 24.6. The Morgan fingerprint density at radius 1 is 0.600 bits per heavy atom. The largest absolute Gasteiger partial charge is 0.465 e. The van der Waals surface area contributed by atoms with E-state index in [4.69, 9.17) is 9.47 Å². The van der Waals surface area contributed by atoms with Crippen LogP contribution in [0.1, 0.15) is 86.6 Å². The van der Waals surface area contributed by atoms with Gasteiger partial charge >= 0.3 is 11.9 Å². The van der Waals surface area contributed by atoms with Crippen LogP contribution in [0, 0.1) is 0 Å². The van der Waals surface area contributed by atoms with Crippen molar-refractivity contribution in [3.8, 4) is 0 Å². The fourth-order valence-corrected chi connectivity index (χ4v) is 5.69. The lowest BCUT2D eigenvalue weighted by Crippen LogP contribution is -2.33. The van der Waals surface area contributed by atoms with Crippen molar-refractivity contribution in [1.82, 2.24) is 9.80 Å². The lowest BCUT2D eigenvalue weighted by atomic mass is 9.98. The van der Waals surface area contributed by atoms with Gasteiger partial charge in [0, 0.05) is 6.54 Å². The van der Waals surface area contributed by atoms with Gasteiger partial charge in [0.2, 0.25) is 0 Å². The van der Waals surface area contributed by atoms with Gasteiger partial charge in [0.1, 0.15) is 6.61 Å². The van der Waals surface area contributed by atoms with Crippen molar-refractivity contribution in [2.24, 2.45) is 0 Å². The Balaban J connectivity index is 1.09. The van der Waals surface area contributed by atoms with E-state index in [0.29, 0.717) is 36.1 Å². The quantitative estimate of drug-likeness (QED) is 0.199. The Morgan fingerprint density at radius 3 is 1.60 bits per heavy atom. The smallest absolute Gasteiger partial charge is 0.338 e. The predicted octanol–water partition coefficient (Wildman–Crippen LogP) is 4.68. The normalized spacial score (nSPS) is 13.8. The number of esters is 2. The standard InChI is InChI=1S/C35H28N2O8/c1-3-12-36-30(38)26-10-4-20(16-28(26)32(36)40)15-21-5-11-27-29(17-21)33(41)37(31(27)39)13-14-45-35(43)25-9-7-22-18-24(34(42)44-2)8-6-23(22)19-25/h4-11,16-19H,3,12-15H2,1-2H3. The third-order valence-electron chi connectivity index (χ3n) is 7.97. The molecule has 4 aromatic carbocycles. The number of rotatable bonds is 9. The zero-order valence-corrected chi connectivity index (χ0v) is 24.6. The molecule has 4 aromatic rings. The molecule has 0 saturated heterocycles. The van der Waals surface area contributed by atoms with Crippen molar-refractivity contribution < 1.29 is 38.2 Å². The molecule has 4 amide bonds. The van der Waals surface area contributed by atoms with Crippen LogP contribution in [-0.2, 0) is 15.9 Å². The Hall–Kier alpha value is -5.64. The summed E-state index contributed by atoms with van der Waals surface area (Å²) in [6.07, 6.45) is 1.07. The van der Waals surface area contributed by atoms with Crippen molar-refractivity contribution >= 4 is 46.3 Å². The molecule has 0 atom stereocenters. The van der Waals surface area contributed by atoms with Crippen molar-refractivity contribution in [2.75, 3.05) is 26.8 Å². The van der Waals surface area contributed by atoms with Crippen molar-refractivity contribution in [3.05, 3.63) is 117 Å². The molecule has 0 radical (unpaired) electrons. The summed E-state index contributed by atoms with van der Waals surface area (Å²) in [5.41, 5.74) is 3.52. The second-order valence-corrected chi connectivity index (χ2v) is 10.9. The molecule has 0 aromatic heterocycles. The molecule has 45 heavy (non-hydrogen) atoms. The van der Waals surface area contributed by atoms with Crippen LogP contribution in [0.25, 0.3) is 10.8 Å². The Kier molecular flexibility index (Phi) is 7.72. The van der Waals surface area contributed by atoms with Gasteiger partial charge in [-0.15, -0.1) is 0 Å². The van der Waals surface area contributed by atoms with Crippen LogP contribution in [0.5, 0.6) is 0 Å². The first-order chi connectivity index (χ1) is 21.7. The van der Waals surface area contributed by atoms with Gasteiger partial charge in [-0.3, -0.25) is 29.0 Å². The number of nitrogens with zero attached hydrogens (tertiary/aromatic N) is 2. The molecule has 2 heterocycles. The monoisotopic (exact) mass is 604 g/mol. The molecule has 10 heteroatoms. The first-order valence-corrected chi connectivity index (χ1v) is 14.5. The Labute approximate surface area is 258 Å². The molecule has 2 aliphatic rings. The molecule has 0 fully saturated rings. The maximum atomic E-state index is 13.2. The van der Waals surface area contributed by atoms with Gasteiger partial charge in [0.05, 0.1) is 47.0 Å². The lowest BCUT2D eigenvalue weighted by Gasteiger charge is -2.14. The molecule has 0 saturated carbocycles. The first kappa shape index (κ1) is 29.4. The highest BCUT2D eigenvalue weighted by molar-refractivity contribution is 6.22. The minimum absolute atomic E-state index is 0.112. The molecular weight excluding hydrogens is 576 g/mol. The van der Waals surface area contributed by atoms with E-state index in [-0.39, 0.29) is 41.7 Å². The number of methoxy groups -OCH3 is 1. The van der Waals surface area contributed by atoms with Crippen molar-refractivity contribution in [3.63, 3.8) is 0 Å². The molecule has 10 nitrogen and oxygen atoms in total. The molecule has 0 unspecified atom stereocenters. The van der Waals surface area contributed by atoms with Crippen LogP contribution in [0.15, 0.2) is 72.8 Å². The van der Waals surface area contributed by atoms with Crippen LogP contribution in [0.2, 0.25) is 0 Å². The third-order valence-corrected chi connectivity index (χ3v) is 7.97. The van der Waals surface area contributed by atoms with Gasteiger partial charge in [0.25, 0.3) is 23.6 Å². The number of fused-ring (bicyclic) bond motifs is 3. The van der Waals surface area contributed by atoms with E-state index in [9.17, 15) is 28.8 Å². The van der Waals surface area contributed by atoms with E-state index in [1.807, 2.05) is 6.92 Å². The summed E-state index contributed by atoms with van der Waals surface area (Å²) in [6, 6.07) is 20.1. The lowest BCUT2D eigenvalue weighted by molar-refractivity contribution is 0.0420. The summed E-state index contributed by atoms with van der Waals surface area (Å²) < 4.78 is 10.1. The summed E-state index contributed by atoms with van der Waals surface area (Å²) in [4.78, 5) is 78.3. The van der Waals surface area contributed by atoms with E-state index in [2.05, 4.69) is 0 Å². The van der Waals surface area contributed by atoms with Gasteiger partial charge < -0.3 is 9.47 Å². The second kappa shape index (κ2) is 11.8. The Morgan fingerprint density at radius 2 is 1.09 bits per heavy atom. The van der Waals surface area contributed by atoms with Gasteiger partial charge in [-0.25, -0.2) is 9.59 Å². The van der Waals surface area contributed by atoms with E-state index in [0.717, 1.165) is 26.8 Å². The summed E-state index contributed by atoms with van der Waals surface area (Å²) in [5, 5.41) is 1.48. The molecule has 0 bridgehead atoms. The average Bonchev–Trinajstić information content (AvgIpc) is 3.43. The fraction of sp³-hybridized carbons (Fsp3) is 0.200.